The number of benzene rings is 2. The SMILES string of the molecule is CCC[SiH](Cl)Cl.c1ccc2ccccc2c1. The molecule has 86 valence electrons. The first kappa shape index (κ1) is 13.6. The molecule has 0 nitrogen and oxygen atoms in total. The van der Waals surface area contributed by atoms with Crippen LogP contribution in [0.4, 0.5) is 0 Å². The molecule has 0 radical (unpaired) electrons. The lowest BCUT2D eigenvalue weighted by molar-refractivity contribution is 1.08. The molecule has 0 saturated carbocycles. The fourth-order valence-electron chi connectivity index (χ4n) is 1.35. The minimum atomic E-state index is -1.23. The van der Waals surface area contributed by atoms with Gasteiger partial charge in [-0.3, -0.25) is 0 Å². The lowest BCUT2D eigenvalue weighted by Gasteiger charge is -1.92. The average molecular weight is 271 g/mol. The molecule has 0 aromatic heterocycles. The van der Waals surface area contributed by atoms with Gasteiger partial charge in [0.25, 0.3) is 0 Å². The predicted octanol–water partition coefficient (Wildman–Crippen LogP) is 4.93. The Labute approximate surface area is 108 Å². The first-order valence-electron chi connectivity index (χ1n) is 5.46. The molecule has 0 aliphatic carbocycles. The van der Waals surface area contributed by atoms with Crippen LogP contribution in [0.5, 0.6) is 0 Å². The van der Waals surface area contributed by atoms with Crippen LogP contribution in [0, 0.1) is 0 Å². The average Bonchev–Trinajstić information content (AvgIpc) is 2.30. The molecule has 2 rings (SSSR count). The maximum Gasteiger partial charge on any atom is 0.237 e. The number of hydrogen-bond donors (Lipinski definition) is 0. The summed E-state index contributed by atoms with van der Waals surface area (Å²) >= 11 is 11.0. The van der Waals surface area contributed by atoms with Gasteiger partial charge in [0.2, 0.25) is 7.42 Å². The number of rotatable bonds is 2. The highest BCUT2D eigenvalue weighted by Gasteiger charge is 1.95. The highest BCUT2D eigenvalue weighted by Crippen LogP contribution is 2.11. The van der Waals surface area contributed by atoms with Crippen LogP contribution in [-0.4, -0.2) is 7.42 Å². The monoisotopic (exact) mass is 270 g/mol. The zero-order valence-corrected chi connectivity index (χ0v) is 12.0. The molecule has 0 amide bonds. The highest BCUT2D eigenvalue weighted by atomic mass is 35.7. The van der Waals surface area contributed by atoms with Gasteiger partial charge in [-0.25, -0.2) is 0 Å². The second kappa shape index (κ2) is 7.72. The summed E-state index contributed by atoms with van der Waals surface area (Å²) in [6, 6.07) is 17.8. The molecule has 0 aliphatic heterocycles. The molecule has 0 heterocycles. The van der Waals surface area contributed by atoms with E-state index in [1.165, 1.54) is 10.8 Å². The van der Waals surface area contributed by atoms with Crippen LogP contribution in [-0.2, 0) is 0 Å². The zero-order chi connectivity index (χ0) is 11.8. The van der Waals surface area contributed by atoms with E-state index in [4.69, 9.17) is 22.2 Å². The van der Waals surface area contributed by atoms with Crippen molar-refractivity contribution < 1.29 is 0 Å². The zero-order valence-electron chi connectivity index (χ0n) is 9.37. The van der Waals surface area contributed by atoms with E-state index in [9.17, 15) is 0 Å². The van der Waals surface area contributed by atoms with E-state index in [1.54, 1.807) is 0 Å². The van der Waals surface area contributed by atoms with Crippen molar-refractivity contribution in [3.8, 4) is 0 Å². The standard InChI is InChI=1S/C10H8.C3H8Cl2Si/c1-2-6-10-8-4-3-7-9(10)5-1;1-2-3-6(4)5/h1-8H;6H,2-3H2,1H3. The molecule has 2 aromatic carbocycles. The number of hydrogen-bond acceptors (Lipinski definition) is 0. The van der Waals surface area contributed by atoms with Gasteiger partial charge in [0.05, 0.1) is 0 Å². The second-order valence-corrected chi connectivity index (χ2v) is 8.72. The van der Waals surface area contributed by atoms with E-state index in [0.29, 0.717) is 0 Å². The van der Waals surface area contributed by atoms with Gasteiger partial charge in [-0.1, -0.05) is 61.9 Å². The molecule has 0 atom stereocenters. The molecule has 0 bridgehead atoms. The Morgan fingerprint density at radius 1 is 0.875 bits per heavy atom. The van der Waals surface area contributed by atoms with Crippen molar-refractivity contribution >= 4 is 40.3 Å². The lowest BCUT2D eigenvalue weighted by Crippen LogP contribution is -1.87. The van der Waals surface area contributed by atoms with Crippen LogP contribution in [0.2, 0.25) is 6.04 Å². The van der Waals surface area contributed by atoms with Gasteiger partial charge in [-0.2, -0.15) is 22.2 Å². The lowest BCUT2D eigenvalue weighted by atomic mass is 10.1. The van der Waals surface area contributed by atoms with Gasteiger partial charge in [0.15, 0.2) is 0 Å². The van der Waals surface area contributed by atoms with Crippen LogP contribution >= 0.6 is 22.2 Å². The Morgan fingerprint density at radius 3 is 1.44 bits per heavy atom. The molecule has 0 fully saturated rings. The minimum Gasteiger partial charge on any atom is -0.150 e. The molecule has 0 aliphatic rings. The van der Waals surface area contributed by atoms with Crippen molar-refractivity contribution in [2.24, 2.45) is 0 Å². The smallest absolute Gasteiger partial charge is 0.150 e. The second-order valence-electron chi connectivity index (χ2n) is 3.53. The fourth-order valence-corrected chi connectivity index (χ4v) is 3.10. The minimum absolute atomic E-state index is 1.04. The molecular weight excluding hydrogens is 255 g/mol. The van der Waals surface area contributed by atoms with E-state index in [1.807, 2.05) is 0 Å². The molecule has 0 spiro atoms. The van der Waals surface area contributed by atoms with Crippen LogP contribution in [0.1, 0.15) is 13.3 Å². The normalized spacial score (nSPS) is 10.0. The van der Waals surface area contributed by atoms with Gasteiger partial charge in [-0.15, -0.1) is 0 Å². The summed E-state index contributed by atoms with van der Waals surface area (Å²) in [4.78, 5) is 0. The van der Waals surface area contributed by atoms with Gasteiger partial charge >= 0.3 is 0 Å². The summed E-state index contributed by atoms with van der Waals surface area (Å²) < 4.78 is 0. The first-order valence-corrected chi connectivity index (χ1v) is 9.76. The fraction of sp³-hybridized carbons (Fsp3) is 0.231. The Morgan fingerprint density at radius 2 is 1.25 bits per heavy atom. The van der Waals surface area contributed by atoms with Gasteiger partial charge in [0.1, 0.15) is 0 Å². The van der Waals surface area contributed by atoms with E-state index in [2.05, 4.69) is 55.5 Å². The van der Waals surface area contributed by atoms with Crippen LogP contribution in [0.25, 0.3) is 10.8 Å². The van der Waals surface area contributed by atoms with Crippen molar-refractivity contribution in [1.82, 2.24) is 0 Å². The molecule has 0 saturated heterocycles. The van der Waals surface area contributed by atoms with E-state index in [0.717, 1.165) is 12.5 Å². The van der Waals surface area contributed by atoms with Crippen LogP contribution < -0.4 is 0 Å². The maximum absolute atomic E-state index is 5.48. The summed E-state index contributed by atoms with van der Waals surface area (Å²) in [6.45, 7) is 2.09. The quantitative estimate of drug-likeness (QED) is 0.536. The third kappa shape index (κ3) is 5.02. The third-order valence-electron chi connectivity index (χ3n) is 2.17. The molecule has 16 heavy (non-hydrogen) atoms. The van der Waals surface area contributed by atoms with E-state index in [-0.39, 0.29) is 0 Å². The van der Waals surface area contributed by atoms with Crippen molar-refractivity contribution in [3.63, 3.8) is 0 Å². The summed E-state index contributed by atoms with van der Waals surface area (Å²) in [5, 5.41) is 2.62. The third-order valence-corrected chi connectivity index (χ3v) is 4.49. The number of halogens is 2. The molecule has 0 N–H and O–H groups in total. The van der Waals surface area contributed by atoms with Crippen LogP contribution in [0.15, 0.2) is 48.5 Å². The molecular formula is C13H16Cl2Si. The van der Waals surface area contributed by atoms with Crippen molar-refractivity contribution in [2.75, 3.05) is 0 Å². The van der Waals surface area contributed by atoms with Crippen molar-refractivity contribution in [3.05, 3.63) is 48.5 Å². The van der Waals surface area contributed by atoms with Gasteiger partial charge in [0, 0.05) is 0 Å². The maximum atomic E-state index is 5.48. The topological polar surface area (TPSA) is 0 Å². The molecule has 3 heteroatoms. The largest absolute Gasteiger partial charge is 0.237 e. The highest BCUT2D eigenvalue weighted by molar-refractivity contribution is 7.33. The van der Waals surface area contributed by atoms with Crippen molar-refractivity contribution in [1.29, 1.82) is 0 Å². The van der Waals surface area contributed by atoms with Gasteiger partial charge in [-0.05, 0) is 16.8 Å². The Hall–Kier alpha value is -0.503. The van der Waals surface area contributed by atoms with Gasteiger partial charge < -0.3 is 0 Å². The van der Waals surface area contributed by atoms with Crippen LogP contribution in [0.3, 0.4) is 0 Å². The van der Waals surface area contributed by atoms with E-state index < -0.39 is 7.42 Å². The summed E-state index contributed by atoms with van der Waals surface area (Å²) in [6.07, 6.45) is 1.13. The summed E-state index contributed by atoms with van der Waals surface area (Å²) in [7, 11) is -1.23. The van der Waals surface area contributed by atoms with Crippen molar-refractivity contribution in [2.45, 2.75) is 19.4 Å². The summed E-state index contributed by atoms with van der Waals surface area (Å²) in [5.41, 5.74) is 0. The number of fused-ring (bicyclic) bond motifs is 1. The molecule has 0 unspecified atom stereocenters. The molecule has 2 aromatic rings. The summed E-state index contributed by atoms with van der Waals surface area (Å²) in [5.74, 6) is 0. The Bertz CT molecular complexity index is 350. The Balaban J connectivity index is 0.000000187. The predicted molar refractivity (Wildman–Crippen MR) is 77.9 cm³/mol. The Kier molecular flexibility index (Phi) is 6.54. The van der Waals surface area contributed by atoms with E-state index >= 15 is 0 Å². The first-order chi connectivity index (χ1) is 7.74.